The van der Waals surface area contributed by atoms with Gasteiger partial charge in [0.2, 0.25) is 0 Å². The van der Waals surface area contributed by atoms with E-state index < -0.39 is 0 Å². The van der Waals surface area contributed by atoms with E-state index in [0.717, 1.165) is 31.7 Å². The second-order valence-electron chi connectivity index (χ2n) is 7.45. The molecule has 0 amide bonds. The first-order valence-corrected chi connectivity index (χ1v) is 10.6. The van der Waals surface area contributed by atoms with Crippen LogP contribution in [0, 0.1) is 0 Å². The van der Waals surface area contributed by atoms with Crippen LogP contribution in [0.1, 0.15) is 22.7 Å². The molecule has 3 aromatic carbocycles. The predicted molar refractivity (Wildman–Crippen MR) is 121 cm³/mol. The number of nitrogens with zero attached hydrogens (tertiary/aromatic N) is 3. The maximum atomic E-state index is 6.27. The summed E-state index contributed by atoms with van der Waals surface area (Å²) in [5.41, 5.74) is 6.40. The molecule has 29 heavy (non-hydrogen) atoms. The Morgan fingerprint density at radius 2 is 1.38 bits per heavy atom. The van der Waals surface area contributed by atoms with Crippen molar-refractivity contribution in [2.75, 3.05) is 26.2 Å². The topological polar surface area (TPSA) is 18.8 Å². The second-order valence-corrected chi connectivity index (χ2v) is 8.24. The Labute approximate surface area is 181 Å². The Morgan fingerprint density at radius 1 is 0.759 bits per heavy atom. The van der Waals surface area contributed by atoms with Crippen molar-refractivity contribution in [3.8, 4) is 11.1 Å². The number of benzene rings is 3. The number of hydrogen-bond acceptors (Lipinski definition) is 3. The maximum Gasteiger partial charge on any atom is 0.0680 e. The molecule has 0 saturated carbocycles. The SMILES string of the molecule is Clc1cccc(C=NN2CCN(C3c4ccccc4-c4ccccc43)CC2)c1Cl. The molecule has 2 aliphatic rings. The van der Waals surface area contributed by atoms with Crippen molar-refractivity contribution >= 4 is 29.4 Å². The standard InChI is InChI=1S/C24H21Cl2N3/c25-22-11-5-6-17(23(22)26)16-27-29-14-12-28(13-15-29)24-20-9-3-1-7-18(20)19-8-2-4-10-21(19)24/h1-11,16,24H,12-15H2. The summed E-state index contributed by atoms with van der Waals surface area (Å²) in [6.45, 7) is 3.70. The van der Waals surface area contributed by atoms with E-state index in [1.165, 1.54) is 22.3 Å². The van der Waals surface area contributed by atoms with E-state index in [-0.39, 0.29) is 0 Å². The molecular weight excluding hydrogens is 401 g/mol. The lowest BCUT2D eigenvalue weighted by molar-refractivity contribution is 0.114. The average molecular weight is 422 g/mol. The first kappa shape index (κ1) is 18.7. The molecule has 3 nitrogen and oxygen atoms in total. The summed E-state index contributed by atoms with van der Waals surface area (Å²) >= 11 is 12.4. The van der Waals surface area contributed by atoms with Gasteiger partial charge < -0.3 is 0 Å². The summed E-state index contributed by atoms with van der Waals surface area (Å²) in [6, 6.07) is 23.5. The average Bonchev–Trinajstić information content (AvgIpc) is 3.10. The lowest BCUT2D eigenvalue weighted by Gasteiger charge is -2.37. The number of hydrogen-bond donors (Lipinski definition) is 0. The van der Waals surface area contributed by atoms with Crippen LogP contribution in [0.3, 0.4) is 0 Å². The fraction of sp³-hybridized carbons (Fsp3) is 0.208. The van der Waals surface area contributed by atoms with Gasteiger partial charge in [0.1, 0.15) is 0 Å². The highest BCUT2D eigenvalue weighted by Gasteiger charge is 2.33. The van der Waals surface area contributed by atoms with E-state index in [9.17, 15) is 0 Å². The molecule has 0 unspecified atom stereocenters. The van der Waals surface area contributed by atoms with Crippen molar-refractivity contribution in [3.63, 3.8) is 0 Å². The third-order valence-corrected chi connectivity index (χ3v) is 6.63. The van der Waals surface area contributed by atoms with Gasteiger partial charge in [0.05, 0.1) is 22.3 Å². The van der Waals surface area contributed by atoms with Crippen molar-refractivity contribution in [2.45, 2.75) is 6.04 Å². The van der Waals surface area contributed by atoms with E-state index in [0.29, 0.717) is 16.1 Å². The summed E-state index contributed by atoms with van der Waals surface area (Å²) in [5.74, 6) is 0. The molecule has 0 radical (unpaired) electrons. The van der Waals surface area contributed by atoms with Gasteiger partial charge in [-0.25, -0.2) is 0 Å². The first-order chi connectivity index (χ1) is 14.2. The van der Waals surface area contributed by atoms with Crippen LogP contribution in [0.15, 0.2) is 71.8 Å². The lowest BCUT2D eigenvalue weighted by Crippen LogP contribution is -2.45. The fourth-order valence-electron chi connectivity index (χ4n) is 4.37. The zero-order valence-corrected chi connectivity index (χ0v) is 17.4. The van der Waals surface area contributed by atoms with Crippen LogP contribution in [0.25, 0.3) is 11.1 Å². The number of fused-ring (bicyclic) bond motifs is 3. The zero-order valence-electron chi connectivity index (χ0n) is 15.9. The normalized spacial score (nSPS) is 17.0. The number of halogens is 2. The molecule has 0 N–H and O–H groups in total. The Balaban J connectivity index is 1.32. The highest BCUT2D eigenvalue weighted by Crippen LogP contribution is 2.46. The van der Waals surface area contributed by atoms with Crippen molar-refractivity contribution in [1.82, 2.24) is 9.91 Å². The molecule has 0 spiro atoms. The van der Waals surface area contributed by atoms with Crippen LogP contribution < -0.4 is 0 Å². The van der Waals surface area contributed by atoms with Crippen LogP contribution in [-0.4, -0.2) is 42.3 Å². The van der Waals surface area contributed by atoms with Gasteiger partial charge in [-0.05, 0) is 28.3 Å². The van der Waals surface area contributed by atoms with Crippen LogP contribution in [0.4, 0.5) is 0 Å². The Morgan fingerprint density at radius 3 is 2.03 bits per heavy atom. The Hall–Kier alpha value is -2.33. The van der Waals surface area contributed by atoms with Gasteiger partial charge in [-0.3, -0.25) is 9.91 Å². The van der Waals surface area contributed by atoms with Crippen molar-refractivity contribution in [2.24, 2.45) is 5.10 Å². The van der Waals surface area contributed by atoms with Crippen molar-refractivity contribution in [3.05, 3.63) is 93.5 Å². The Bertz CT molecular complexity index is 1030. The predicted octanol–water partition coefficient (Wildman–Crippen LogP) is 5.71. The number of hydrazone groups is 1. The highest BCUT2D eigenvalue weighted by atomic mass is 35.5. The minimum Gasteiger partial charge on any atom is -0.294 e. The number of piperazine rings is 1. The Kier molecular flexibility index (Phi) is 5.04. The molecule has 0 bridgehead atoms. The van der Waals surface area contributed by atoms with E-state index >= 15 is 0 Å². The van der Waals surface area contributed by atoms with Gasteiger partial charge in [0, 0.05) is 31.7 Å². The van der Waals surface area contributed by atoms with Crippen LogP contribution >= 0.6 is 23.2 Å². The van der Waals surface area contributed by atoms with Gasteiger partial charge in [-0.2, -0.15) is 5.10 Å². The fourth-order valence-corrected chi connectivity index (χ4v) is 4.73. The highest BCUT2D eigenvalue weighted by molar-refractivity contribution is 6.43. The summed E-state index contributed by atoms with van der Waals surface area (Å²) < 4.78 is 0. The molecule has 1 fully saturated rings. The third-order valence-electron chi connectivity index (χ3n) is 5.80. The molecule has 5 heteroatoms. The van der Waals surface area contributed by atoms with Gasteiger partial charge in [0.25, 0.3) is 0 Å². The molecule has 1 saturated heterocycles. The van der Waals surface area contributed by atoms with Crippen molar-refractivity contribution < 1.29 is 0 Å². The van der Waals surface area contributed by atoms with Gasteiger partial charge in [-0.1, -0.05) is 83.9 Å². The first-order valence-electron chi connectivity index (χ1n) is 9.87. The van der Waals surface area contributed by atoms with Gasteiger partial charge in [0.15, 0.2) is 0 Å². The molecule has 3 aromatic rings. The molecule has 0 atom stereocenters. The maximum absolute atomic E-state index is 6.27. The zero-order chi connectivity index (χ0) is 19.8. The molecule has 5 rings (SSSR count). The number of rotatable bonds is 3. The minimum atomic E-state index is 0.330. The largest absolute Gasteiger partial charge is 0.294 e. The molecule has 1 aliphatic carbocycles. The molecule has 1 heterocycles. The molecule has 146 valence electrons. The smallest absolute Gasteiger partial charge is 0.0680 e. The van der Waals surface area contributed by atoms with E-state index in [4.69, 9.17) is 23.2 Å². The van der Waals surface area contributed by atoms with E-state index in [1.807, 2.05) is 18.3 Å². The summed E-state index contributed by atoms with van der Waals surface area (Å²) in [4.78, 5) is 2.57. The van der Waals surface area contributed by atoms with Crippen molar-refractivity contribution in [1.29, 1.82) is 0 Å². The van der Waals surface area contributed by atoms with Crippen LogP contribution in [-0.2, 0) is 0 Å². The molecule has 0 aromatic heterocycles. The third kappa shape index (κ3) is 3.44. The van der Waals surface area contributed by atoms with E-state index in [2.05, 4.69) is 63.5 Å². The monoisotopic (exact) mass is 421 g/mol. The quantitative estimate of drug-likeness (QED) is 0.503. The molecule has 1 aliphatic heterocycles. The lowest BCUT2D eigenvalue weighted by atomic mass is 10.0. The van der Waals surface area contributed by atoms with Crippen LogP contribution in [0.2, 0.25) is 10.0 Å². The molecular formula is C24H21Cl2N3. The van der Waals surface area contributed by atoms with Crippen LogP contribution in [0.5, 0.6) is 0 Å². The van der Waals surface area contributed by atoms with E-state index in [1.54, 1.807) is 6.07 Å². The van der Waals surface area contributed by atoms with Gasteiger partial charge >= 0.3 is 0 Å². The summed E-state index contributed by atoms with van der Waals surface area (Å²) in [7, 11) is 0. The minimum absolute atomic E-state index is 0.330. The van der Waals surface area contributed by atoms with Gasteiger partial charge in [-0.15, -0.1) is 0 Å². The summed E-state index contributed by atoms with van der Waals surface area (Å²) in [5, 5.41) is 7.86. The summed E-state index contributed by atoms with van der Waals surface area (Å²) in [6.07, 6.45) is 1.81. The second kappa shape index (κ2) is 7.83.